The third kappa shape index (κ3) is 3.58. The van der Waals surface area contributed by atoms with Crippen molar-refractivity contribution in [3.05, 3.63) is 66.4 Å². The second-order valence-electron chi connectivity index (χ2n) is 6.82. The van der Waals surface area contributed by atoms with Gasteiger partial charge in [0.15, 0.2) is 0 Å². The molecule has 1 aliphatic rings. The Labute approximate surface area is 164 Å². The lowest BCUT2D eigenvalue weighted by Gasteiger charge is -2.27. The maximum absolute atomic E-state index is 12.7. The average molecular weight is 401 g/mol. The standard InChI is InChI=1S/C21H18F3N3O2/c22-21(23,24)20(28)26-11-9-14(10-12-26)18-13-27(19-4-2-1-3-17(18)19)16-7-5-15(25-29)6-8-16/h1-9,13,25,29H,10-12H2. The second kappa shape index (κ2) is 7.29. The summed E-state index contributed by atoms with van der Waals surface area (Å²) in [7, 11) is 0. The number of nitrogens with one attached hydrogen (secondary N) is 1. The molecule has 1 amide bonds. The molecule has 4 rings (SSSR count). The Bertz CT molecular complexity index is 1080. The number of carbonyl (C=O) groups is 1. The lowest BCUT2D eigenvalue weighted by molar-refractivity contribution is -0.185. The zero-order valence-corrected chi connectivity index (χ0v) is 15.3. The van der Waals surface area contributed by atoms with Gasteiger partial charge in [-0.2, -0.15) is 13.2 Å². The summed E-state index contributed by atoms with van der Waals surface area (Å²) in [6.07, 6.45) is -0.850. The molecule has 0 unspecified atom stereocenters. The van der Waals surface area contributed by atoms with E-state index in [1.807, 2.05) is 47.2 Å². The summed E-state index contributed by atoms with van der Waals surface area (Å²) >= 11 is 0. The summed E-state index contributed by atoms with van der Waals surface area (Å²) in [6.45, 7) is -0.0371. The molecule has 2 heterocycles. The van der Waals surface area contributed by atoms with Crippen LogP contribution in [0.3, 0.4) is 0 Å². The molecule has 0 atom stereocenters. The number of carbonyl (C=O) groups excluding carboxylic acids is 1. The molecule has 0 radical (unpaired) electrons. The minimum absolute atomic E-state index is 0.0283. The number of nitrogens with zero attached hydrogens (tertiary/aromatic N) is 2. The van der Waals surface area contributed by atoms with E-state index in [2.05, 4.69) is 5.48 Å². The summed E-state index contributed by atoms with van der Waals surface area (Å²) in [6, 6.07) is 15.0. The van der Waals surface area contributed by atoms with Crippen LogP contribution in [-0.4, -0.2) is 39.8 Å². The van der Waals surface area contributed by atoms with E-state index in [1.165, 1.54) is 0 Å². The maximum atomic E-state index is 12.7. The summed E-state index contributed by atoms with van der Waals surface area (Å²) < 4.78 is 40.0. The summed E-state index contributed by atoms with van der Waals surface area (Å²) in [5, 5.41) is 9.98. The van der Waals surface area contributed by atoms with E-state index in [0.29, 0.717) is 12.1 Å². The van der Waals surface area contributed by atoms with E-state index >= 15 is 0 Å². The second-order valence-corrected chi connectivity index (χ2v) is 6.82. The van der Waals surface area contributed by atoms with Crippen LogP contribution in [0.1, 0.15) is 12.0 Å². The van der Waals surface area contributed by atoms with E-state index in [1.54, 1.807) is 18.2 Å². The van der Waals surface area contributed by atoms with Crippen molar-refractivity contribution >= 4 is 28.1 Å². The van der Waals surface area contributed by atoms with Crippen LogP contribution < -0.4 is 5.48 Å². The Morgan fingerprint density at radius 3 is 2.41 bits per heavy atom. The predicted molar refractivity (Wildman–Crippen MR) is 104 cm³/mol. The van der Waals surface area contributed by atoms with Crippen LogP contribution in [0.25, 0.3) is 22.2 Å². The Kier molecular flexibility index (Phi) is 4.79. The van der Waals surface area contributed by atoms with Crippen molar-refractivity contribution in [3.8, 4) is 5.69 Å². The molecule has 0 fully saturated rings. The van der Waals surface area contributed by atoms with Gasteiger partial charge in [-0.1, -0.05) is 24.3 Å². The molecule has 0 aliphatic carbocycles. The van der Waals surface area contributed by atoms with Crippen molar-refractivity contribution in [3.63, 3.8) is 0 Å². The van der Waals surface area contributed by atoms with Crippen molar-refractivity contribution < 1.29 is 23.2 Å². The molecule has 5 nitrogen and oxygen atoms in total. The van der Waals surface area contributed by atoms with Crippen molar-refractivity contribution in [2.75, 3.05) is 18.6 Å². The molecule has 29 heavy (non-hydrogen) atoms. The first-order valence-electron chi connectivity index (χ1n) is 9.04. The third-order valence-electron chi connectivity index (χ3n) is 5.07. The van der Waals surface area contributed by atoms with E-state index in [4.69, 9.17) is 5.21 Å². The van der Waals surface area contributed by atoms with Crippen LogP contribution in [0.5, 0.6) is 0 Å². The molecule has 1 aliphatic heterocycles. The van der Waals surface area contributed by atoms with Crippen molar-refractivity contribution in [1.29, 1.82) is 0 Å². The van der Waals surface area contributed by atoms with Gasteiger partial charge in [0.2, 0.25) is 0 Å². The first-order chi connectivity index (χ1) is 13.9. The van der Waals surface area contributed by atoms with Gasteiger partial charge in [-0.3, -0.25) is 15.5 Å². The van der Waals surface area contributed by atoms with Crippen LogP contribution in [0.15, 0.2) is 60.8 Å². The number of para-hydroxylation sites is 1. The Hall–Kier alpha value is -3.26. The summed E-state index contributed by atoms with van der Waals surface area (Å²) in [5.74, 6) is -1.80. The fourth-order valence-electron chi connectivity index (χ4n) is 3.62. The predicted octanol–water partition coefficient (Wildman–Crippen LogP) is 4.61. The number of aromatic nitrogens is 1. The fraction of sp³-hybridized carbons (Fsp3) is 0.190. The van der Waals surface area contributed by atoms with Gasteiger partial charge in [0.25, 0.3) is 0 Å². The molecule has 2 aromatic carbocycles. The normalized spacial score (nSPS) is 14.8. The summed E-state index contributed by atoms with van der Waals surface area (Å²) in [5.41, 5.74) is 6.35. The molecule has 0 bridgehead atoms. The molecule has 150 valence electrons. The monoisotopic (exact) mass is 401 g/mol. The van der Waals surface area contributed by atoms with Gasteiger partial charge in [-0.25, -0.2) is 0 Å². The number of amides is 1. The number of rotatable bonds is 3. The highest BCUT2D eigenvalue weighted by Gasteiger charge is 2.42. The topological polar surface area (TPSA) is 57.5 Å². The number of benzene rings is 2. The molecule has 0 saturated heterocycles. The van der Waals surface area contributed by atoms with Crippen LogP contribution >= 0.6 is 0 Å². The molecular formula is C21H18F3N3O2. The van der Waals surface area contributed by atoms with E-state index < -0.39 is 12.1 Å². The molecule has 1 aromatic heterocycles. The molecular weight excluding hydrogens is 383 g/mol. The van der Waals surface area contributed by atoms with Gasteiger partial charge in [-0.15, -0.1) is 0 Å². The highest BCUT2D eigenvalue weighted by molar-refractivity contribution is 5.95. The first-order valence-corrected chi connectivity index (χ1v) is 9.04. The first kappa shape index (κ1) is 19.1. The molecule has 0 spiro atoms. The van der Waals surface area contributed by atoms with E-state index in [-0.39, 0.29) is 13.1 Å². The zero-order chi connectivity index (χ0) is 20.6. The fourth-order valence-corrected chi connectivity index (χ4v) is 3.62. The lowest BCUT2D eigenvalue weighted by atomic mass is 9.99. The number of hydrogen-bond acceptors (Lipinski definition) is 3. The van der Waals surface area contributed by atoms with E-state index in [0.717, 1.165) is 32.6 Å². The maximum Gasteiger partial charge on any atom is 0.471 e. The zero-order valence-electron chi connectivity index (χ0n) is 15.3. The minimum Gasteiger partial charge on any atom is -0.331 e. The highest BCUT2D eigenvalue weighted by Crippen LogP contribution is 2.33. The molecule has 8 heteroatoms. The van der Waals surface area contributed by atoms with Gasteiger partial charge in [0.05, 0.1) is 11.2 Å². The van der Waals surface area contributed by atoms with Crippen molar-refractivity contribution in [1.82, 2.24) is 9.47 Å². The van der Waals surface area contributed by atoms with Crippen molar-refractivity contribution in [2.24, 2.45) is 0 Å². The van der Waals surface area contributed by atoms with Gasteiger partial charge >= 0.3 is 12.1 Å². The smallest absolute Gasteiger partial charge is 0.331 e. The number of fused-ring (bicyclic) bond motifs is 1. The number of alkyl halides is 3. The third-order valence-corrected chi connectivity index (χ3v) is 5.07. The van der Waals surface area contributed by atoms with Gasteiger partial charge in [0.1, 0.15) is 0 Å². The number of halogens is 3. The Morgan fingerprint density at radius 2 is 1.79 bits per heavy atom. The van der Waals surface area contributed by atoms with Gasteiger partial charge in [-0.05, 0) is 42.3 Å². The van der Waals surface area contributed by atoms with Crippen LogP contribution in [0.4, 0.5) is 18.9 Å². The molecule has 0 saturated carbocycles. The van der Waals surface area contributed by atoms with Crippen LogP contribution in [-0.2, 0) is 4.79 Å². The van der Waals surface area contributed by atoms with Gasteiger partial charge in [0, 0.05) is 35.9 Å². The molecule has 2 N–H and O–H groups in total. The highest BCUT2D eigenvalue weighted by atomic mass is 19.4. The quantitative estimate of drug-likeness (QED) is 0.630. The summed E-state index contributed by atoms with van der Waals surface area (Å²) in [4.78, 5) is 12.3. The number of hydrogen-bond donors (Lipinski definition) is 2. The van der Waals surface area contributed by atoms with Crippen LogP contribution in [0.2, 0.25) is 0 Å². The average Bonchev–Trinajstić information content (AvgIpc) is 3.12. The Morgan fingerprint density at radius 1 is 1.07 bits per heavy atom. The van der Waals surface area contributed by atoms with Crippen LogP contribution in [0, 0.1) is 0 Å². The largest absolute Gasteiger partial charge is 0.471 e. The van der Waals surface area contributed by atoms with Gasteiger partial charge < -0.3 is 9.47 Å². The molecule has 3 aromatic rings. The number of anilines is 1. The lowest BCUT2D eigenvalue weighted by Crippen LogP contribution is -2.43. The minimum atomic E-state index is -4.85. The Balaban J connectivity index is 1.70. The van der Waals surface area contributed by atoms with Crippen molar-refractivity contribution in [2.45, 2.75) is 12.6 Å². The van der Waals surface area contributed by atoms with E-state index in [9.17, 15) is 18.0 Å². The SMILES string of the molecule is O=C(N1CC=C(c2cn(-c3ccc(NO)cc3)c3ccccc23)CC1)C(F)(F)F.